The molecule has 0 N–H and O–H groups in total. The average molecular weight is 216 g/mol. The highest BCUT2D eigenvalue weighted by Gasteiger charge is 2.13. The highest BCUT2D eigenvalue weighted by molar-refractivity contribution is 5.69. The Bertz CT molecular complexity index is 170. The molecule has 3 nitrogen and oxygen atoms in total. The van der Waals surface area contributed by atoms with E-state index in [9.17, 15) is 4.79 Å². The molecule has 0 aliphatic rings. The Morgan fingerprint density at radius 3 is 2.40 bits per heavy atom. The maximum absolute atomic E-state index is 11.3. The summed E-state index contributed by atoms with van der Waals surface area (Å²) in [4.78, 5) is 11.3. The van der Waals surface area contributed by atoms with Crippen molar-refractivity contribution in [2.75, 3.05) is 19.8 Å². The van der Waals surface area contributed by atoms with Crippen molar-refractivity contribution in [1.82, 2.24) is 0 Å². The number of rotatable bonds is 7. The van der Waals surface area contributed by atoms with Gasteiger partial charge < -0.3 is 9.47 Å². The smallest absolute Gasteiger partial charge is 0.305 e. The second-order valence-electron chi connectivity index (χ2n) is 4.88. The van der Waals surface area contributed by atoms with Crippen LogP contribution in [-0.2, 0) is 14.3 Å². The van der Waals surface area contributed by atoms with E-state index in [0.717, 1.165) is 26.1 Å². The number of carbonyl (C=O) groups excluding carboxylic acids is 1. The molecule has 0 saturated carbocycles. The Morgan fingerprint density at radius 1 is 1.20 bits per heavy atom. The normalized spacial score (nSPS) is 11.5. The third kappa shape index (κ3) is 11.4. The second kappa shape index (κ2) is 7.69. The summed E-state index contributed by atoms with van der Waals surface area (Å²) in [5, 5.41) is 0. The Balaban J connectivity index is 3.34. The third-order valence-electron chi connectivity index (χ3n) is 1.79. The zero-order chi connectivity index (χ0) is 11.7. The van der Waals surface area contributed by atoms with E-state index in [1.165, 1.54) is 0 Å². The lowest BCUT2D eigenvalue weighted by Gasteiger charge is -2.17. The predicted octanol–water partition coefficient (Wildman–Crippen LogP) is 2.78. The molecule has 0 aromatic rings. The quantitative estimate of drug-likeness (QED) is 0.485. The molecular formula is C12H24O3. The molecule has 0 rings (SSSR count). The minimum atomic E-state index is -0.0959. The van der Waals surface area contributed by atoms with Gasteiger partial charge in [0, 0.05) is 19.6 Å². The summed E-state index contributed by atoms with van der Waals surface area (Å²) < 4.78 is 10.3. The van der Waals surface area contributed by atoms with Crippen molar-refractivity contribution in [2.45, 2.75) is 47.0 Å². The maximum Gasteiger partial charge on any atom is 0.305 e. The minimum Gasteiger partial charge on any atom is -0.465 e. The first-order valence-corrected chi connectivity index (χ1v) is 5.69. The van der Waals surface area contributed by atoms with Gasteiger partial charge in [-0.3, -0.25) is 4.79 Å². The molecule has 0 fully saturated rings. The zero-order valence-electron chi connectivity index (χ0n) is 10.5. The molecule has 0 unspecified atom stereocenters. The molecule has 0 saturated heterocycles. The van der Waals surface area contributed by atoms with Gasteiger partial charge in [-0.15, -0.1) is 0 Å². The summed E-state index contributed by atoms with van der Waals surface area (Å²) in [6.45, 7) is 10.1. The van der Waals surface area contributed by atoms with E-state index >= 15 is 0 Å². The monoisotopic (exact) mass is 216 g/mol. The van der Waals surface area contributed by atoms with Crippen LogP contribution in [0, 0.1) is 5.41 Å². The molecule has 0 atom stereocenters. The van der Waals surface area contributed by atoms with Crippen LogP contribution in [0.3, 0.4) is 0 Å². The summed E-state index contributed by atoms with van der Waals surface area (Å²) in [5.41, 5.74) is 0.0565. The van der Waals surface area contributed by atoms with Crippen LogP contribution in [0.25, 0.3) is 0 Å². The van der Waals surface area contributed by atoms with Crippen molar-refractivity contribution < 1.29 is 14.3 Å². The lowest BCUT2D eigenvalue weighted by molar-refractivity contribution is -0.146. The first-order valence-electron chi connectivity index (χ1n) is 5.69. The van der Waals surface area contributed by atoms with Crippen molar-refractivity contribution in [3.63, 3.8) is 0 Å². The predicted molar refractivity (Wildman–Crippen MR) is 60.8 cm³/mol. The van der Waals surface area contributed by atoms with Crippen molar-refractivity contribution >= 4 is 5.97 Å². The van der Waals surface area contributed by atoms with Crippen LogP contribution in [0.5, 0.6) is 0 Å². The molecule has 0 bridgehead atoms. The maximum atomic E-state index is 11.3. The zero-order valence-corrected chi connectivity index (χ0v) is 10.5. The van der Waals surface area contributed by atoms with Gasteiger partial charge in [-0.2, -0.15) is 0 Å². The minimum absolute atomic E-state index is 0.0565. The van der Waals surface area contributed by atoms with Crippen LogP contribution in [0.4, 0.5) is 0 Å². The Kier molecular flexibility index (Phi) is 7.39. The van der Waals surface area contributed by atoms with Crippen LogP contribution in [0.15, 0.2) is 0 Å². The fraction of sp³-hybridized carbons (Fsp3) is 0.917. The summed E-state index contributed by atoms with van der Waals surface area (Å²) in [6.07, 6.45) is 2.28. The van der Waals surface area contributed by atoms with E-state index in [4.69, 9.17) is 9.47 Å². The number of carbonyl (C=O) groups is 1. The van der Waals surface area contributed by atoms with Gasteiger partial charge in [0.15, 0.2) is 0 Å². The fourth-order valence-electron chi connectivity index (χ4n) is 0.987. The van der Waals surface area contributed by atoms with Gasteiger partial charge in [-0.1, -0.05) is 20.8 Å². The average Bonchev–Trinajstić information content (AvgIpc) is 2.13. The third-order valence-corrected chi connectivity index (χ3v) is 1.79. The van der Waals surface area contributed by atoms with E-state index in [1.54, 1.807) is 0 Å². The van der Waals surface area contributed by atoms with Crippen LogP contribution in [0.1, 0.15) is 47.0 Å². The Morgan fingerprint density at radius 2 is 1.87 bits per heavy atom. The van der Waals surface area contributed by atoms with Crippen molar-refractivity contribution in [1.29, 1.82) is 0 Å². The molecule has 0 spiro atoms. The van der Waals surface area contributed by atoms with E-state index in [1.807, 2.05) is 6.92 Å². The molecule has 90 valence electrons. The first-order chi connectivity index (χ1) is 6.95. The Labute approximate surface area is 93.1 Å². The molecule has 0 radical (unpaired) electrons. The largest absolute Gasteiger partial charge is 0.465 e. The molecule has 3 heteroatoms. The van der Waals surface area contributed by atoms with Gasteiger partial charge in [0.2, 0.25) is 0 Å². The standard InChI is InChI=1S/C12H24O3/c1-5-14-9-7-6-8-11(13)15-10-12(2,3)4/h5-10H2,1-4H3. The van der Waals surface area contributed by atoms with Crippen LogP contribution in [0.2, 0.25) is 0 Å². The van der Waals surface area contributed by atoms with E-state index < -0.39 is 0 Å². The highest BCUT2D eigenvalue weighted by Crippen LogP contribution is 2.13. The van der Waals surface area contributed by atoms with Gasteiger partial charge in [0.25, 0.3) is 0 Å². The summed E-state index contributed by atoms with van der Waals surface area (Å²) in [7, 11) is 0. The van der Waals surface area contributed by atoms with E-state index in [-0.39, 0.29) is 11.4 Å². The van der Waals surface area contributed by atoms with Crippen LogP contribution in [-0.4, -0.2) is 25.8 Å². The molecule has 0 heterocycles. The van der Waals surface area contributed by atoms with E-state index in [2.05, 4.69) is 20.8 Å². The number of esters is 1. The number of hydrogen-bond donors (Lipinski definition) is 0. The molecule has 0 aliphatic heterocycles. The molecule has 0 aliphatic carbocycles. The van der Waals surface area contributed by atoms with Crippen molar-refractivity contribution in [2.24, 2.45) is 5.41 Å². The van der Waals surface area contributed by atoms with Gasteiger partial charge >= 0.3 is 5.97 Å². The topological polar surface area (TPSA) is 35.5 Å². The van der Waals surface area contributed by atoms with Gasteiger partial charge in [-0.05, 0) is 25.2 Å². The summed E-state index contributed by atoms with van der Waals surface area (Å²) >= 11 is 0. The van der Waals surface area contributed by atoms with Crippen LogP contribution < -0.4 is 0 Å². The van der Waals surface area contributed by atoms with Crippen LogP contribution >= 0.6 is 0 Å². The second-order valence-corrected chi connectivity index (χ2v) is 4.88. The molecule has 0 aromatic carbocycles. The summed E-state index contributed by atoms with van der Waals surface area (Å²) in [6, 6.07) is 0. The van der Waals surface area contributed by atoms with Gasteiger partial charge in [-0.25, -0.2) is 0 Å². The van der Waals surface area contributed by atoms with Crippen molar-refractivity contribution in [3.8, 4) is 0 Å². The highest BCUT2D eigenvalue weighted by atomic mass is 16.5. The number of ether oxygens (including phenoxy) is 2. The molecule has 0 aromatic heterocycles. The number of unbranched alkanes of at least 4 members (excludes halogenated alkanes) is 1. The lowest BCUT2D eigenvalue weighted by Crippen LogP contribution is -2.18. The summed E-state index contributed by atoms with van der Waals surface area (Å²) in [5.74, 6) is -0.0959. The van der Waals surface area contributed by atoms with Crippen molar-refractivity contribution in [3.05, 3.63) is 0 Å². The molecule has 15 heavy (non-hydrogen) atoms. The van der Waals surface area contributed by atoms with Gasteiger partial charge in [0.1, 0.15) is 0 Å². The lowest BCUT2D eigenvalue weighted by atomic mass is 9.99. The fourth-order valence-corrected chi connectivity index (χ4v) is 0.987. The molecular weight excluding hydrogens is 192 g/mol. The van der Waals surface area contributed by atoms with Gasteiger partial charge in [0.05, 0.1) is 6.61 Å². The first kappa shape index (κ1) is 14.4. The number of hydrogen-bond acceptors (Lipinski definition) is 3. The Hall–Kier alpha value is -0.570. The van der Waals surface area contributed by atoms with E-state index in [0.29, 0.717) is 13.0 Å². The molecule has 0 amide bonds. The SMILES string of the molecule is CCOCCCCC(=O)OCC(C)(C)C.